The summed E-state index contributed by atoms with van der Waals surface area (Å²) in [6.45, 7) is 3.96. The van der Waals surface area contributed by atoms with Gasteiger partial charge in [-0.25, -0.2) is 4.98 Å². The fourth-order valence-electron chi connectivity index (χ4n) is 3.27. The molecule has 1 atom stereocenters. The standard InChI is InChI=1S/C25H22N4O4S2/c1-3-21(24(31)26-17-8-4-15(2)5-9-17)34-25-28-20-13-10-18(14-22(20)35-25)27-23(30)16-6-11-19(12-7-16)29(32)33/h4-14,21H,3H2,1-2H3,(H,26,31)(H,27,30). The summed E-state index contributed by atoms with van der Waals surface area (Å²) in [7, 11) is 0. The van der Waals surface area contributed by atoms with Crippen molar-refractivity contribution in [2.24, 2.45) is 0 Å². The minimum Gasteiger partial charge on any atom is -0.325 e. The maximum Gasteiger partial charge on any atom is 0.269 e. The number of thiazole rings is 1. The number of hydrogen-bond donors (Lipinski definition) is 2. The molecule has 0 saturated heterocycles. The number of nitro groups is 1. The van der Waals surface area contributed by atoms with Crippen molar-refractivity contribution in [2.45, 2.75) is 29.9 Å². The SMILES string of the molecule is CCC(Sc1nc2ccc(NC(=O)c3ccc([N+](=O)[O-])cc3)cc2s1)C(=O)Nc1ccc(C)cc1. The Kier molecular flexibility index (Phi) is 7.42. The molecule has 178 valence electrons. The van der Waals surface area contributed by atoms with E-state index in [-0.39, 0.29) is 22.8 Å². The molecule has 1 unspecified atom stereocenters. The number of carbonyl (C=O) groups excluding carboxylic acids is 2. The van der Waals surface area contributed by atoms with E-state index >= 15 is 0 Å². The Morgan fingerprint density at radius 1 is 1.03 bits per heavy atom. The van der Waals surface area contributed by atoms with E-state index in [1.54, 1.807) is 6.07 Å². The Bertz CT molecular complexity index is 1390. The predicted octanol–water partition coefficient (Wildman–Crippen LogP) is 6.27. The van der Waals surface area contributed by atoms with Gasteiger partial charge in [0.05, 0.1) is 20.4 Å². The summed E-state index contributed by atoms with van der Waals surface area (Å²) in [5, 5.41) is 16.3. The smallest absolute Gasteiger partial charge is 0.269 e. The van der Waals surface area contributed by atoms with Gasteiger partial charge in [0.15, 0.2) is 4.34 Å². The van der Waals surface area contributed by atoms with E-state index in [4.69, 9.17) is 0 Å². The van der Waals surface area contributed by atoms with Gasteiger partial charge in [0, 0.05) is 29.1 Å². The fourth-order valence-corrected chi connectivity index (χ4v) is 5.55. The van der Waals surface area contributed by atoms with E-state index in [9.17, 15) is 19.7 Å². The summed E-state index contributed by atoms with van der Waals surface area (Å²) >= 11 is 2.87. The number of aryl methyl sites for hydroxylation is 1. The second-order valence-corrected chi connectivity index (χ2v) is 10.3. The molecule has 4 rings (SSSR count). The van der Waals surface area contributed by atoms with E-state index in [2.05, 4.69) is 15.6 Å². The largest absolute Gasteiger partial charge is 0.325 e. The van der Waals surface area contributed by atoms with Gasteiger partial charge in [-0.05, 0) is 55.8 Å². The molecular weight excluding hydrogens is 484 g/mol. The van der Waals surface area contributed by atoms with Gasteiger partial charge in [-0.1, -0.05) is 36.4 Å². The zero-order valence-corrected chi connectivity index (χ0v) is 20.6. The monoisotopic (exact) mass is 506 g/mol. The average Bonchev–Trinajstić information content (AvgIpc) is 3.25. The first-order valence-corrected chi connectivity index (χ1v) is 12.5. The van der Waals surface area contributed by atoms with Crippen LogP contribution in [0.25, 0.3) is 10.2 Å². The number of aromatic nitrogens is 1. The van der Waals surface area contributed by atoms with Crippen molar-refractivity contribution in [2.75, 3.05) is 10.6 Å². The number of carbonyl (C=O) groups is 2. The van der Waals surface area contributed by atoms with Crippen LogP contribution in [-0.2, 0) is 4.79 Å². The fraction of sp³-hybridized carbons (Fsp3) is 0.160. The molecule has 0 aliphatic rings. The molecule has 8 nitrogen and oxygen atoms in total. The zero-order valence-electron chi connectivity index (χ0n) is 19.0. The first kappa shape index (κ1) is 24.4. The van der Waals surface area contributed by atoms with Crippen LogP contribution >= 0.6 is 23.1 Å². The van der Waals surface area contributed by atoms with Gasteiger partial charge >= 0.3 is 0 Å². The van der Waals surface area contributed by atoms with E-state index in [1.807, 2.05) is 50.2 Å². The van der Waals surface area contributed by atoms with E-state index in [0.29, 0.717) is 17.7 Å². The molecule has 35 heavy (non-hydrogen) atoms. The number of hydrogen-bond acceptors (Lipinski definition) is 7. The van der Waals surface area contributed by atoms with Crippen molar-refractivity contribution in [3.63, 3.8) is 0 Å². The van der Waals surface area contributed by atoms with Gasteiger partial charge in [0.25, 0.3) is 11.6 Å². The van der Waals surface area contributed by atoms with Gasteiger partial charge in [-0.3, -0.25) is 19.7 Å². The lowest BCUT2D eigenvalue weighted by Crippen LogP contribution is -2.24. The highest BCUT2D eigenvalue weighted by Gasteiger charge is 2.20. The Morgan fingerprint density at radius 3 is 2.37 bits per heavy atom. The van der Waals surface area contributed by atoms with Gasteiger partial charge in [-0.15, -0.1) is 11.3 Å². The summed E-state index contributed by atoms with van der Waals surface area (Å²) in [5.74, 6) is -0.436. The number of rotatable bonds is 8. The molecule has 3 aromatic carbocycles. The third-order valence-electron chi connectivity index (χ3n) is 5.19. The molecule has 2 amide bonds. The van der Waals surface area contributed by atoms with E-state index in [0.717, 1.165) is 25.8 Å². The molecule has 0 aliphatic heterocycles. The Balaban J connectivity index is 1.43. The minimum atomic E-state index is -0.510. The summed E-state index contributed by atoms with van der Waals surface area (Å²) in [5.41, 5.74) is 3.50. The topological polar surface area (TPSA) is 114 Å². The lowest BCUT2D eigenvalue weighted by molar-refractivity contribution is -0.384. The minimum absolute atomic E-state index is 0.0725. The number of amides is 2. The Hall–Kier alpha value is -3.76. The zero-order chi connectivity index (χ0) is 24.9. The van der Waals surface area contributed by atoms with E-state index in [1.165, 1.54) is 47.4 Å². The van der Waals surface area contributed by atoms with Gasteiger partial charge in [-0.2, -0.15) is 0 Å². The highest BCUT2D eigenvalue weighted by molar-refractivity contribution is 8.02. The number of fused-ring (bicyclic) bond motifs is 1. The Morgan fingerprint density at radius 2 is 1.71 bits per heavy atom. The molecule has 0 fully saturated rings. The lowest BCUT2D eigenvalue weighted by Gasteiger charge is -2.13. The molecule has 4 aromatic rings. The first-order valence-electron chi connectivity index (χ1n) is 10.8. The average molecular weight is 507 g/mol. The number of thioether (sulfide) groups is 1. The maximum atomic E-state index is 12.8. The number of nitrogens with zero attached hydrogens (tertiary/aromatic N) is 2. The van der Waals surface area contributed by atoms with Crippen molar-refractivity contribution < 1.29 is 14.5 Å². The van der Waals surface area contributed by atoms with Crippen LogP contribution in [0.4, 0.5) is 17.1 Å². The van der Waals surface area contributed by atoms with Crippen LogP contribution in [0.1, 0.15) is 29.3 Å². The number of benzene rings is 3. The number of nitro benzene ring substituents is 1. The summed E-state index contributed by atoms with van der Waals surface area (Å²) in [6, 6.07) is 18.5. The molecule has 0 radical (unpaired) electrons. The van der Waals surface area contributed by atoms with Crippen molar-refractivity contribution in [1.82, 2.24) is 4.98 Å². The molecule has 0 aliphatic carbocycles. The number of anilines is 2. The van der Waals surface area contributed by atoms with Gasteiger partial charge in [0.2, 0.25) is 5.91 Å². The molecule has 0 spiro atoms. The first-order chi connectivity index (χ1) is 16.8. The van der Waals surface area contributed by atoms with Crippen LogP contribution in [0.5, 0.6) is 0 Å². The number of non-ortho nitro benzene ring substituents is 1. The predicted molar refractivity (Wildman–Crippen MR) is 140 cm³/mol. The van der Waals surface area contributed by atoms with Crippen molar-refractivity contribution in [3.8, 4) is 0 Å². The number of nitrogens with one attached hydrogen (secondary N) is 2. The summed E-state index contributed by atoms with van der Waals surface area (Å²) < 4.78 is 1.65. The normalized spacial score (nSPS) is 11.7. The van der Waals surface area contributed by atoms with Crippen LogP contribution in [-0.4, -0.2) is 27.0 Å². The second kappa shape index (κ2) is 10.7. The summed E-state index contributed by atoms with van der Waals surface area (Å²) in [6.07, 6.45) is 0.648. The lowest BCUT2D eigenvalue weighted by atomic mass is 10.2. The van der Waals surface area contributed by atoms with Crippen LogP contribution in [0.2, 0.25) is 0 Å². The Labute approximate surface area is 209 Å². The maximum absolute atomic E-state index is 12.8. The summed E-state index contributed by atoms with van der Waals surface area (Å²) in [4.78, 5) is 40.2. The third-order valence-corrected chi connectivity index (χ3v) is 7.67. The molecule has 1 aromatic heterocycles. The molecule has 1 heterocycles. The third kappa shape index (κ3) is 6.03. The van der Waals surface area contributed by atoms with Crippen molar-refractivity contribution >= 4 is 62.2 Å². The van der Waals surface area contributed by atoms with Crippen LogP contribution in [0, 0.1) is 17.0 Å². The molecule has 10 heteroatoms. The van der Waals surface area contributed by atoms with Crippen LogP contribution in [0.3, 0.4) is 0 Å². The van der Waals surface area contributed by atoms with Crippen LogP contribution < -0.4 is 10.6 Å². The molecular formula is C25H22N4O4S2. The van der Waals surface area contributed by atoms with Gasteiger partial charge in [0.1, 0.15) is 0 Å². The quantitative estimate of drug-likeness (QED) is 0.165. The highest BCUT2D eigenvalue weighted by Crippen LogP contribution is 2.35. The highest BCUT2D eigenvalue weighted by atomic mass is 32.2. The molecule has 0 saturated carbocycles. The van der Waals surface area contributed by atoms with Crippen molar-refractivity contribution in [1.29, 1.82) is 0 Å². The van der Waals surface area contributed by atoms with Gasteiger partial charge < -0.3 is 10.6 Å². The molecule has 0 bridgehead atoms. The van der Waals surface area contributed by atoms with E-state index < -0.39 is 4.92 Å². The molecule has 2 N–H and O–H groups in total. The second-order valence-electron chi connectivity index (χ2n) is 7.79. The van der Waals surface area contributed by atoms with Crippen molar-refractivity contribution in [3.05, 3.63) is 88.0 Å². The van der Waals surface area contributed by atoms with Crippen LogP contribution in [0.15, 0.2) is 71.1 Å².